The van der Waals surface area contributed by atoms with Crippen LogP contribution in [0.5, 0.6) is 5.75 Å². The van der Waals surface area contributed by atoms with Gasteiger partial charge < -0.3 is 9.84 Å². The van der Waals surface area contributed by atoms with E-state index in [1.54, 1.807) is 24.3 Å². The van der Waals surface area contributed by atoms with Crippen LogP contribution in [0.15, 0.2) is 55.9 Å². The number of aryl methyl sites for hydroxylation is 3. The van der Waals surface area contributed by atoms with Crippen molar-refractivity contribution in [3.05, 3.63) is 58.6 Å². The van der Waals surface area contributed by atoms with E-state index in [-0.39, 0.29) is 4.90 Å². The van der Waals surface area contributed by atoms with E-state index in [4.69, 9.17) is 9.84 Å². The number of hydrogen-bond donors (Lipinski definition) is 2. The molecule has 0 spiro atoms. The van der Waals surface area contributed by atoms with Gasteiger partial charge in [0.15, 0.2) is 10.9 Å². The maximum atomic E-state index is 12.8. The number of benzene rings is 2. The second-order valence-corrected chi connectivity index (χ2v) is 10.4. The lowest BCUT2D eigenvalue weighted by molar-refractivity contribution is -0.139. The van der Waals surface area contributed by atoms with Crippen LogP contribution >= 0.6 is 23.1 Å². The van der Waals surface area contributed by atoms with E-state index >= 15 is 0 Å². The highest BCUT2D eigenvalue weighted by atomic mass is 32.2. The summed E-state index contributed by atoms with van der Waals surface area (Å²) in [5.41, 5.74) is 2.77. The lowest BCUT2D eigenvalue weighted by Crippen LogP contribution is -2.14. The summed E-state index contributed by atoms with van der Waals surface area (Å²) in [5.74, 6) is -0.777. The summed E-state index contributed by atoms with van der Waals surface area (Å²) in [6, 6.07) is 9.77. The quantitative estimate of drug-likeness (QED) is 0.506. The molecule has 0 amide bonds. The second-order valence-electron chi connectivity index (χ2n) is 6.55. The Hall–Kier alpha value is -2.56. The van der Waals surface area contributed by atoms with Gasteiger partial charge in [0, 0.05) is 16.0 Å². The van der Waals surface area contributed by atoms with Gasteiger partial charge in [-0.25, -0.2) is 18.2 Å². The van der Waals surface area contributed by atoms with Gasteiger partial charge in [-0.05, 0) is 68.3 Å². The first-order valence-electron chi connectivity index (χ1n) is 8.83. The van der Waals surface area contributed by atoms with Crippen LogP contribution in [0.3, 0.4) is 0 Å². The van der Waals surface area contributed by atoms with E-state index in [0.717, 1.165) is 20.5 Å². The van der Waals surface area contributed by atoms with E-state index < -0.39 is 22.6 Å². The molecule has 0 atom stereocenters. The number of carbonyl (C=O) groups is 1. The predicted octanol–water partition coefficient (Wildman–Crippen LogP) is 4.48. The highest BCUT2D eigenvalue weighted by Crippen LogP contribution is 2.33. The van der Waals surface area contributed by atoms with Gasteiger partial charge in [-0.3, -0.25) is 4.72 Å². The minimum atomic E-state index is -3.81. The number of aliphatic carboxylic acids is 1. The van der Waals surface area contributed by atoms with Gasteiger partial charge in [-0.2, -0.15) is 0 Å². The van der Waals surface area contributed by atoms with Gasteiger partial charge >= 0.3 is 5.97 Å². The van der Waals surface area contributed by atoms with Gasteiger partial charge in [0.05, 0.1) is 10.6 Å². The summed E-state index contributed by atoms with van der Waals surface area (Å²) in [7, 11) is -3.81. The molecule has 2 N–H and O–H groups in total. The number of carboxylic acid groups (broad SMARTS) is 1. The van der Waals surface area contributed by atoms with Gasteiger partial charge in [-0.1, -0.05) is 11.8 Å². The van der Waals surface area contributed by atoms with Crippen molar-refractivity contribution in [3.8, 4) is 5.75 Å². The molecule has 7 nitrogen and oxygen atoms in total. The molecular formula is C20H20N2O5S3. The molecule has 0 saturated carbocycles. The average molecular weight is 465 g/mol. The normalized spacial score (nSPS) is 11.3. The number of ether oxygens (including phenoxy) is 1. The van der Waals surface area contributed by atoms with Crippen molar-refractivity contribution < 1.29 is 23.1 Å². The Kier molecular flexibility index (Phi) is 6.69. The highest BCUT2D eigenvalue weighted by molar-refractivity contribution is 8.01. The molecule has 0 aliphatic rings. The van der Waals surface area contributed by atoms with E-state index in [0.29, 0.717) is 17.0 Å². The second kappa shape index (κ2) is 9.07. The molecule has 10 heteroatoms. The molecule has 3 rings (SSSR count). The molecule has 0 aliphatic carbocycles. The molecule has 2 aromatic carbocycles. The Morgan fingerprint density at radius 2 is 1.93 bits per heavy atom. The summed E-state index contributed by atoms with van der Waals surface area (Å²) >= 11 is 3.10. The standard InChI is InChI=1S/C20H20N2O5S3/c1-12-8-15(29-20-21-14(3)11-28-20)4-6-17(12)22-30(25,26)16-5-7-18(13(2)9-16)27-10-19(23)24/h4-9,11,22H,10H2,1-3H3,(H,23,24). The summed E-state index contributed by atoms with van der Waals surface area (Å²) in [4.78, 5) is 16.1. The zero-order chi connectivity index (χ0) is 21.9. The molecule has 0 bridgehead atoms. The monoisotopic (exact) mass is 464 g/mol. The minimum Gasteiger partial charge on any atom is -0.482 e. The van der Waals surface area contributed by atoms with Crippen LogP contribution in [0.2, 0.25) is 0 Å². The number of aromatic nitrogens is 1. The van der Waals surface area contributed by atoms with Crippen molar-refractivity contribution in [2.75, 3.05) is 11.3 Å². The largest absolute Gasteiger partial charge is 0.482 e. The molecule has 0 unspecified atom stereocenters. The lowest BCUT2D eigenvalue weighted by atomic mass is 10.2. The Labute approximate surface area is 183 Å². The number of anilines is 1. The number of thiazole rings is 1. The fourth-order valence-corrected chi connectivity index (χ4v) is 5.71. The summed E-state index contributed by atoms with van der Waals surface area (Å²) in [6.07, 6.45) is 0. The van der Waals surface area contributed by atoms with Crippen molar-refractivity contribution in [1.29, 1.82) is 0 Å². The first-order valence-corrected chi connectivity index (χ1v) is 12.0. The van der Waals surface area contributed by atoms with Gasteiger partial charge in [-0.15, -0.1) is 11.3 Å². The maximum Gasteiger partial charge on any atom is 0.341 e. The van der Waals surface area contributed by atoms with Crippen LogP contribution < -0.4 is 9.46 Å². The zero-order valence-electron chi connectivity index (χ0n) is 16.5. The van der Waals surface area contributed by atoms with Crippen LogP contribution in [0, 0.1) is 20.8 Å². The molecule has 0 aliphatic heterocycles. The fraction of sp³-hybridized carbons (Fsp3) is 0.200. The number of hydrogen-bond acceptors (Lipinski definition) is 7. The Bertz CT molecular complexity index is 1190. The number of nitrogens with zero attached hydrogens (tertiary/aromatic N) is 1. The topological polar surface area (TPSA) is 106 Å². The van der Waals surface area contributed by atoms with E-state index in [2.05, 4.69) is 9.71 Å². The molecule has 3 aromatic rings. The number of rotatable bonds is 8. The van der Waals surface area contributed by atoms with E-state index in [1.807, 2.05) is 31.4 Å². The van der Waals surface area contributed by atoms with Gasteiger partial charge in [0.1, 0.15) is 5.75 Å². The molecule has 0 saturated heterocycles. The molecule has 30 heavy (non-hydrogen) atoms. The third kappa shape index (κ3) is 5.53. The van der Waals surface area contributed by atoms with Gasteiger partial charge in [0.25, 0.3) is 10.0 Å². The molecule has 1 aromatic heterocycles. The first-order chi connectivity index (χ1) is 14.1. The Morgan fingerprint density at radius 1 is 1.17 bits per heavy atom. The smallest absolute Gasteiger partial charge is 0.341 e. The summed E-state index contributed by atoms with van der Waals surface area (Å²) in [6.45, 7) is 4.95. The van der Waals surface area contributed by atoms with Crippen LogP contribution in [0.1, 0.15) is 16.8 Å². The SMILES string of the molecule is Cc1csc(Sc2ccc(NS(=O)(=O)c3ccc(OCC(=O)O)c(C)c3)c(C)c2)n1. The molecular weight excluding hydrogens is 444 g/mol. The predicted molar refractivity (Wildman–Crippen MR) is 117 cm³/mol. The molecule has 0 radical (unpaired) electrons. The van der Waals surface area contributed by atoms with Crippen LogP contribution in [-0.4, -0.2) is 31.1 Å². The summed E-state index contributed by atoms with van der Waals surface area (Å²) < 4.78 is 34.3. The van der Waals surface area contributed by atoms with Crippen molar-refractivity contribution in [1.82, 2.24) is 4.98 Å². The van der Waals surface area contributed by atoms with Crippen LogP contribution in [-0.2, 0) is 14.8 Å². The zero-order valence-corrected chi connectivity index (χ0v) is 19.0. The molecule has 1 heterocycles. The molecule has 0 fully saturated rings. The third-order valence-electron chi connectivity index (χ3n) is 4.05. The Morgan fingerprint density at radius 3 is 2.53 bits per heavy atom. The van der Waals surface area contributed by atoms with Crippen molar-refractivity contribution in [2.24, 2.45) is 0 Å². The van der Waals surface area contributed by atoms with Crippen molar-refractivity contribution in [3.63, 3.8) is 0 Å². The van der Waals surface area contributed by atoms with Crippen LogP contribution in [0.25, 0.3) is 0 Å². The van der Waals surface area contributed by atoms with E-state index in [9.17, 15) is 13.2 Å². The van der Waals surface area contributed by atoms with E-state index in [1.165, 1.54) is 30.0 Å². The van der Waals surface area contributed by atoms with Crippen molar-refractivity contribution in [2.45, 2.75) is 34.9 Å². The average Bonchev–Trinajstić information content (AvgIpc) is 3.07. The lowest BCUT2D eigenvalue weighted by Gasteiger charge is -2.13. The van der Waals surface area contributed by atoms with Gasteiger partial charge in [0.2, 0.25) is 0 Å². The molecule has 158 valence electrons. The minimum absolute atomic E-state index is 0.0683. The number of nitrogens with one attached hydrogen (secondary N) is 1. The maximum absolute atomic E-state index is 12.8. The number of sulfonamides is 1. The van der Waals surface area contributed by atoms with Crippen LogP contribution in [0.4, 0.5) is 5.69 Å². The Balaban J connectivity index is 1.76. The fourth-order valence-electron chi connectivity index (χ4n) is 2.59. The first kappa shape index (κ1) is 22.1. The summed E-state index contributed by atoms with van der Waals surface area (Å²) in [5, 5.41) is 10.7. The highest BCUT2D eigenvalue weighted by Gasteiger charge is 2.17. The number of carboxylic acids is 1. The van der Waals surface area contributed by atoms with Crippen molar-refractivity contribution >= 4 is 44.8 Å². The third-order valence-corrected chi connectivity index (χ3v) is 7.46.